The molecule has 132 valence electrons. The first-order chi connectivity index (χ1) is 12.0. The summed E-state index contributed by atoms with van der Waals surface area (Å²) < 4.78 is 26.1. The number of amides is 1. The van der Waals surface area contributed by atoms with Crippen LogP contribution < -0.4 is 10.6 Å². The van der Waals surface area contributed by atoms with Gasteiger partial charge in [0.1, 0.15) is 11.6 Å². The van der Waals surface area contributed by atoms with Gasteiger partial charge in [-0.3, -0.25) is 9.79 Å². The van der Waals surface area contributed by atoms with Crippen molar-refractivity contribution in [1.82, 2.24) is 10.2 Å². The number of carbonyl (C=O) groups is 1. The van der Waals surface area contributed by atoms with Gasteiger partial charge in [0.15, 0.2) is 5.96 Å². The molecule has 0 aliphatic rings. The Kier molecular flexibility index (Phi) is 6.45. The second-order valence-corrected chi connectivity index (χ2v) is 5.44. The fourth-order valence-corrected chi connectivity index (χ4v) is 2.25. The molecule has 0 aliphatic carbocycles. The zero-order valence-electron chi connectivity index (χ0n) is 14.1. The van der Waals surface area contributed by atoms with Crippen molar-refractivity contribution in [3.8, 4) is 0 Å². The molecule has 5 nitrogen and oxygen atoms in total. The lowest BCUT2D eigenvalue weighted by Gasteiger charge is -2.22. The van der Waals surface area contributed by atoms with Crippen LogP contribution in [0, 0.1) is 11.6 Å². The zero-order chi connectivity index (χ0) is 18.2. The van der Waals surface area contributed by atoms with Gasteiger partial charge in [0.25, 0.3) is 0 Å². The summed E-state index contributed by atoms with van der Waals surface area (Å²) >= 11 is 0. The second-order valence-electron chi connectivity index (χ2n) is 5.44. The molecule has 0 fully saturated rings. The molecule has 1 amide bonds. The Morgan fingerprint density at radius 3 is 2.48 bits per heavy atom. The fourth-order valence-electron chi connectivity index (χ4n) is 2.25. The Balaban J connectivity index is 1.86. The molecule has 0 aromatic heterocycles. The Hall–Kier alpha value is -2.96. The van der Waals surface area contributed by atoms with E-state index < -0.39 is 5.82 Å². The third-order valence-corrected chi connectivity index (χ3v) is 3.42. The van der Waals surface area contributed by atoms with Gasteiger partial charge in [-0.1, -0.05) is 18.2 Å². The summed E-state index contributed by atoms with van der Waals surface area (Å²) in [6.45, 7) is 0.489. The van der Waals surface area contributed by atoms with Crippen LogP contribution in [0.5, 0.6) is 0 Å². The van der Waals surface area contributed by atoms with E-state index in [0.29, 0.717) is 18.2 Å². The van der Waals surface area contributed by atoms with E-state index in [4.69, 9.17) is 0 Å². The number of rotatable bonds is 5. The lowest BCUT2D eigenvalue weighted by Crippen LogP contribution is -2.42. The third-order valence-electron chi connectivity index (χ3n) is 3.42. The van der Waals surface area contributed by atoms with Crippen LogP contribution in [-0.2, 0) is 11.3 Å². The number of hydrogen-bond acceptors (Lipinski definition) is 2. The average molecular weight is 346 g/mol. The highest BCUT2D eigenvalue weighted by molar-refractivity contribution is 5.94. The van der Waals surface area contributed by atoms with Crippen molar-refractivity contribution in [1.29, 1.82) is 0 Å². The summed E-state index contributed by atoms with van der Waals surface area (Å²) in [6.07, 6.45) is 0. The Morgan fingerprint density at radius 2 is 1.84 bits per heavy atom. The van der Waals surface area contributed by atoms with Crippen LogP contribution in [-0.4, -0.2) is 37.4 Å². The van der Waals surface area contributed by atoms with Crippen molar-refractivity contribution in [3.63, 3.8) is 0 Å². The predicted molar refractivity (Wildman–Crippen MR) is 94.3 cm³/mol. The predicted octanol–water partition coefficient (Wildman–Crippen LogP) is 2.61. The first-order valence-electron chi connectivity index (χ1n) is 7.69. The van der Waals surface area contributed by atoms with E-state index in [2.05, 4.69) is 15.6 Å². The van der Waals surface area contributed by atoms with Gasteiger partial charge in [-0.05, 0) is 35.9 Å². The molecule has 0 bridgehead atoms. The number of anilines is 1. The maximum absolute atomic E-state index is 13.1. The lowest BCUT2D eigenvalue weighted by atomic mass is 10.2. The second kappa shape index (κ2) is 8.77. The summed E-state index contributed by atoms with van der Waals surface area (Å²) in [6, 6.07) is 11.8. The number of nitrogens with one attached hydrogen (secondary N) is 2. The Bertz CT molecular complexity index is 747. The van der Waals surface area contributed by atoms with Crippen molar-refractivity contribution in [3.05, 3.63) is 65.7 Å². The molecule has 2 rings (SSSR count). The monoisotopic (exact) mass is 346 g/mol. The van der Waals surface area contributed by atoms with Gasteiger partial charge in [0, 0.05) is 26.3 Å². The molecular formula is C18H20F2N4O. The topological polar surface area (TPSA) is 56.7 Å². The van der Waals surface area contributed by atoms with Crippen LogP contribution in [0.25, 0.3) is 0 Å². The van der Waals surface area contributed by atoms with Gasteiger partial charge >= 0.3 is 0 Å². The van der Waals surface area contributed by atoms with Gasteiger partial charge in [-0.2, -0.15) is 0 Å². The van der Waals surface area contributed by atoms with Crippen molar-refractivity contribution in [2.75, 3.05) is 26.0 Å². The van der Waals surface area contributed by atoms with Crippen molar-refractivity contribution < 1.29 is 13.6 Å². The smallest absolute Gasteiger partial charge is 0.243 e. The highest BCUT2D eigenvalue weighted by atomic mass is 19.1. The molecule has 0 aliphatic heterocycles. The normalized spacial score (nSPS) is 11.1. The maximum Gasteiger partial charge on any atom is 0.243 e. The summed E-state index contributed by atoms with van der Waals surface area (Å²) in [5, 5.41) is 5.53. The molecule has 0 spiro atoms. The number of guanidine groups is 1. The van der Waals surface area contributed by atoms with E-state index in [1.807, 2.05) is 11.9 Å². The molecule has 25 heavy (non-hydrogen) atoms. The molecule has 7 heteroatoms. The van der Waals surface area contributed by atoms with Crippen LogP contribution in [0.1, 0.15) is 5.56 Å². The van der Waals surface area contributed by atoms with Crippen LogP contribution in [0.3, 0.4) is 0 Å². The number of benzene rings is 2. The highest BCUT2D eigenvalue weighted by Gasteiger charge is 2.09. The van der Waals surface area contributed by atoms with E-state index >= 15 is 0 Å². The van der Waals surface area contributed by atoms with Gasteiger partial charge in [0.2, 0.25) is 5.91 Å². The molecule has 0 saturated heterocycles. The van der Waals surface area contributed by atoms with Crippen molar-refractivity contribution in [2.24, 2.45) is 4.99 Å². The minimum atomic E-state index is -0.416. The minimum Gasteiger partial charge on any atom is -0.347 e. The van der Waals surface area contributed by atoms with Gasteiger partial charge < -0.3 is 15.5 Å². The van der Waals surface area contributed by atoms with E-state index in [0.717, 1.165) is 5.56 Å². The fraction of sp³-hybridized carbons (Fsp3) is 0.222. The number of carbonyl (C=O) groups excluding carboxylic acids is 1. The summed E-state index contributed by atoms with van der Waals surface area (Å²) in [5.41, 5.74) is 1.30. The average Bonchev–Trinajstić information content (AvgIpc) is 2.57. The standard InChI is InChI=1S/C18H20F2N4O/c1-21-18(24(2)12-13-6-8-14(19)9-7-13)22-11-17(25)23-16-5-3-4-15(20)10-16/h3-10H,11-12H2,1-2H3,(H,21,22)(H,23,25). The molecule has 2 aromatic rings. The summed E-state index contributed by atoms with van der Waals surface area (Å²) in [4.78, 5) is 17.9. The quantitative estimate of drug-likeness (QED) is 0.646. The molecule has 0 unspecified atom stereocenters. The van der Waals surface area contributed by atoms with E-state index in [9.17, 15) is 13.6 Å². The van der Waals surface area contributed by atoms with Gasteiger partial charge in [-0.25, -0.2) is 8.78 Å². The van der Waals surface area contributed by atoms with Crippen LogP contribution in [0.15, 0.2) is 53.5 Å². The Morgan fingerprint density at radius 1 is 1.12 bits per heavy atom. The maximum atomic E-state index is 13.1. The summed E-state index contributed by atoms with van der Waals surface area (Å²) in [7, 11) is 3.41. The number of aliphatic imine (C=N–C) groups is 1. The molecule has 2 aromatic carbocycles. The molecule has 0 saturated carbocycles. The van der Waals surface area contributed by atoms with E-state index in [-0.39, 0.29) is 18.3 Å². The van der Waals surface area contributed by atoms with E-state index in [1.165, 1.54) is 30.3 Å². The van der Waals surface area contributed by atoms with Gasteiger partial charge in [0.05, 0.1) is 6.54 Å². The van der Waals surface area contributed by atoms with E-state index in [1.54, 1.807) is 25.2 Å². The largest absolute Gasteiger partial charge is 0.347 e. The number of nitrogens with zero attached hydrogens (tertiary/aromatic N) is 2. The SMILES string of the molecule is CN=C(NCC(=O)Nc1cccc(F)c1)N(C)Cc1ccc(F)cc1. The Labute approximate surface area is 145 Å². The molecular weight excluding hydrogens is 326 g/mol. The number of hydrogen-bond donors (Lipinski definition) is 2. The lowest BCUT2D eigenvalue weighted by molar-refractivity contribution is -0.115. The van der Waals surface area contributed by atoms with Crippen molar-refractivity contribution in [2.45, 2.75) is 6.54 Å². The molecule has 0 heterocycles. The number of halogens is 2. The zero-order valence-corrected chi connectivity index (χ0v) is 14.1. The van der Waals surface area contributed by atoms with Crippen LogP contribution >= 0.6 is 0 Å². The minimum absolute atomic E-state index is 0.0169. The van der Waals surface area contributed by atoms with Crippen LogP contribution in [0.2, 0.25) is 0 Å². The highest BCUT2D eigenvalue weighted by Crippen LogP contribution is 2.09. The molecule has 2 N–H and O–H groups in total. The van der Waals surface area contributed by atoms with Gasteiger partial charge in [-0.15, -0.1) is 0 Å². The van der Waals surface area contributed by atoms with Crippen LogP contribution in [0.4, 0.5) is 14.5 Å². The molecule has 0 radical (unpaired) electrons. The third kappa shape index (κ3) is 5.87. The van der Waals surface area contributed by atoms with Crippen molar-refractivity contribution >= 4 is 17.6 Å². The summed E-state index contributed by atoms with van der Waals surface area (Å²) in [5.74, 6) is -0.510. The first kappa shape index (κ1) is 18.4. The molecule has 0 atom stereocenters. The first-order valence-corrected chi connectivity index (χ1v) is 7.69.